The fourth-order valence-corrected chi connectivity index (χ4v) is 2.39. The van der Waals surface area contributed by atoms with Crippen molar-refractivity contribution in [3.05, 3.63) is 27.9 Å². The van der Waals surface area contributed by atoms with Gasteiger partial charge in [0.05, 0.1) is 4.92 Å². The molecule has 0 bridgehead atoms. The SMILES string of the molecule is Cc1cc([N+](=O)[O-])cnc1N1CCCC(CO)C1. The maximum Gasteiger partial charge on any atom is 0.287 e. The predicted molar refractivity (Wildman–Crippen MR) is 67.7 cm³/mol. The largest absolute Gasteiger partial charge is 0.396 e. The van der Waals surface area contributed by atoms with Crippen LogP contribution in [0.4, 0.5) is 11.5 Å². The van der Waals surface area contributed by atoms with Crippen molar-refractivity contribution in [1.82, 2.24) is 4.98 Å². The molecule has 1 aromatic heterocycles. The lowest BCUT2D eigenvalue weighted by atomic mass is 9.99. The number of aryl methyl sites for hydroxylation is 1. The number of pyridine rings is 1. The van der Waals surface area contributed by atoms with Crippen molar-refractivity contribution in [2.45, 2.75) is 19.8 Å². The Kier molecular flexibility index (Phi) is 3.76. The molecule has 1 unspecified atom stereocenters. The highest BCUT2D eigenvalue weighted by molar-refractivity contribution is 5.50. The van der Waals surface area contributed by atoms with Crippen LogP contribution in [0.5, 0.6) is 0 Å². The molecule has 0 radical (unpaired) electrons. The molecule has 1 atom stereocenters. The van der Waals surface area contributed by atoms with Crippen molar-refractivity contribution in [2.75, 3.05) is 24.6 Å². The molecule has 18 heavy (non-hydrogen) atoms. The third kappa shape index (κ3) is 2.59. The summed E-state index contributed by atoms with van der Waals surface area (Å²) in [6.45, 7) is 3.67. The van der Waals surface area contributed by atoms with E-state index < -0.39 is 4.92 Å². The van der Waals surface area contributed by atoms with Crippen LogP contribution in [-0.4, -0.2) is 34.7 Å². The van der Waals surface area contributed by atoms with E-state index in [-0.39, 0.29) is 18.2 Å². The fourth-order valence-electron chi connectivity index (χ4n) is 2.39. The lowest BCUT2D eigenvalue weighted by Gasteiger charge is -2.33. The van der Waals surface area contributed by atoms with E-state index in [1.807, 2.05) is 6.92 Å². The Morgan fingerprint density at radius 2 is 2.44 bits per heavy atom. The average Bonchev–Trinajstić information content (AvgIpc) is 2.38. The van der Waals surface area contributed by atoms with Crippen LogP contribution in [0.15, 0.2) is 12.3 Å². The molecule has 1 N–H and O–H groups in total. The summed E-state index contributed by atoms with van der Waals surface area (Å²) in [6, 6.07) is 1.55. The molecule has 6 nitrogen and oxygen atoms in total. The Bertz CT molecular complexity index is 450. The number of aromatic nitrogens is 1. The molecule has 0 aromatic carbocycles. The minimum absolute atomic E-state index is 0.0203. The van der Waals surface area contributed by atoms with Gasteiger partial charge in [0.2, 0.25) is 0 Å². The summed E-state index contributed by atoms with van der Waals surface area (Å²) in [5.41, 5.74) is 0.828. The number of piperidine rings is 1. The highest BCUT2D eigenvalue weighted by Crippen LogP contribution is 2.26. The molecule has 0 aliphatic carbocycles. The molecule has 1 fully saturated rings. The van der Waals surface area contributed by atoms with Gasteiger partial charge in [0, 0.05) is 25.8 Å². The van der Waals surface area contributed by atoms with Crippen molar-refractivity contribution in [3.63, 3.8) is 0 Å². The Morgan fingerprint density at radius 1 is 1.67 bits per heavy atom. The normalized spacial score (nSPS) is 19.9. The second-order valence-electron chi connectivity index (χ2n) is 4.73. The molecule has 6 heteroatoms. The summed E-state index contributed by atoms with van der Waals surface area (Å²) in [5.74, 6) is 1.06. The Morgan fingerprint density at radius 3 is 3.06 bits per heavy atom. The first-order valence-corrected chi connectivity index (χ1v) is 6.08. The van der Waals surface area contributed by atoms with Crippen molar-refractivity contribution >= 4 is 11.5 Å². The number of aliphatic hydroxyl groups excluding tert-OH is 1. The zero-order valence-electron chi connectivity index (χ0n) is 10.4. The van der Waals surface area contributed by atoms with Crippen LogP contribution in [0.3, 0.4) is 0 Å². The number of hydrogen-bond donors (Lipinski definition) is 1. The van der Waals surface area contributed by atoms with Crippen molar-refractivity contribution in [2.24, 2.45) is 5.92 Å². The molecule has 98 valence electrons. The van der Waals surface area contributed by atoms with E-state index in [0.717, 1.165) is 37.3 Å². The minimum Gasteiger partial charge on any atom is -0.396 e. The van der Waals surface area contributed by atoms with Crippen molar-refractivity contribution < 1.29 is 10.0 Å². The van der Waals surface area contributed by atoms with Gasteiger partial charge in [-0.15, -0.1) is 0 Å². The summed E-state index contributed by atoms with van der Waals surface area (Å²) < 4.78 is 0. The van der Waals surface area contributed by atoms with Gasteiger partial charge in [0.25, 0.3) is 5.69 Å². The first kappa shape index (κ1) is 12.8. The Hall–Kier alpha value is -1.69. The van der Waals surface area contributed by atoms with Gasteiger partial charge < -0.3 is 10.0 Å². The zero-order valence-corrected chi connectivity index (χ0v) is 10.4. The second kappa shape index (κ2) is 5.30. The van der Waals surface area contributed by atoms with Gasteiger partial charge in [-0.1, -0.05) is 0 Å². The number of nitro groups is 1. The first-order chi connectivity index (χ1) is 8.61. The topological polar surface area (TPSA) is 79.5 Å². The standard InChI is InChI=1S/C12H17N3O3/c1-9-5-11(15(17)18)6-13-12(9)14-4-2-3-10(7-14)8-16/h5-6,10,16H,2-4,7-8H2,1H3. The number of rotatable bonds is 3. The molecule has 2 heterocycles. The van der Waals surface area contributed by atoms with Gasteiger partial charge in [0.15, 0.2) is 0 Å². The fraction of sp³-hybridized carbons (Fsp3) is 0.583. The second-order valence-corrected chi connectivity index (χ2v) is 4.73. The minimum atomic E-state index is -0.434. The quantitative estimate of drug-likeness (QED) is 0.650. The number of nitrogens with zero attached hydrogens (tertiary/aromatic N) is 3. The lowest BCUT2D eigenvalue weighted by Crippen LogP contribution is -2.37. The predicted octanol–water partition coefficient (Wildman–Crippen LogP) is 1.51. The smallest absolute Gasteiger partial charge is 0.287 e. The van der Waals surface area contributed by atoms with E-state index in [2.05, 4.69) is 9.88 Å². The van der Waals surface area contributed by atoms with E-state index >= 15 is 0 Å². The molecule has 1 saturated heterocycles. The molecular formula is C12H17N3O3. The first-order valence-electron chi connectivity index (χ1n) is 6.08. The van der Waals surface area contributed by atoms with E-state index in [9.17, 15) is 15.2 Å². The van der Waals surface area contributed by atoms with Crippen LogP contribution in [0.1, 0.15) is 18.4 Å². The van der Waals surface area contributed by atoms with Gasteiger partial charge in [-0.3, -0.25) is 10.1 Å². The van der Waals surface area contributed by atoms with Crippen LogP contribution in [0.25, 0.3) is 0 Å². The van der Waals surface area contributed by atoms with Gasteiger partial charge >= 0.3 is 0 Å². The van der Waals surface area contributed by atoms with Gasteiger partial charge in [-0.25, -0.2) is 4.98 Å². The molecule has 1 aliphatic heterocycles. The van der Waals surface area contributed by atoms with E-state index in [1.165, 1.54) is 6.20 Å². The van der Waals surface area contributed by atoms with Crippen LogP contribution >= 0.6 is 0 Å². The summed E-state index contributed by atoms with van der Waals surface area (Å²) in [7, 11) is 0. The van der Waals surface area contributed by atoms with Gasteiger partial charge in [-0.2, -0.15) is 0 Å². The summed E-state index contributed by atoms with van der Waals surface area (Å²) in [4.78, 5) is 16.5. The molecule has 0 spiro atoms. The third-order valence-electron chi connectivity index (χ3n) is 3.32. The molecule has 0 saturated carbocycles. The highest BCUT2D eigenvalue weighted by Gasteiger charge is 2.22. The highest BCUT2D eigenvalue weighted by atomic mass is 16.6. The van der Waals surface area contributed by atoms with Crippen LogP contribution in [0, 0.1) is 23.0 Å². The molecule has 0 amide bonds. The summed E-state index contributed by atoms with van der Waals surface area (Å²) >= 11 is 0. The third-order valence-corrected chi connectivity index (χ3v) is 3.32. The van der Waals surface area contributed by atoms with Crippen molar-refractivity contribution in [3.8, 4) is 0 Å². The Balaban J connectivity index is 2.20. The van der Waals surface area contributed by atoms with Gasteiger partial charge in [0.1, 0.15) is 12.0 Å². The number of aliphatic hydroxyl groups is 1. The molecule has 1 aromatic rings. The zero-order chi connectivity index (χ0) is 13.1. The Labute approximate surface area is 105 Å². The lowest BCUT2D eigenvalue weighted by molar-refractivity contribution is -0.385. The summed E-state index contributed by atoms with van der Waals surface area (Å²) in [6.07, 6.45) is 3.34. The number of hydrogen-bond acceptors (Lipinski definition) is 5. The van der Waals surface area contributed by atoms with E-state index in [0.29, 0.717) is 0 Å². The summed E-state index contributed by atoms with van der Waals surface area (Å²) in [5, 5.41) is 19.9. The molecule has 2 rings (SSSR count). The molecule has 1 aliphatic rings. The van der Waals surface area contributed by atoms with E-state index in [4.69, 9.17) is 0 Å². The number of anilines is 1. The van der Waals surface area contributed by atoms with Crippen LogP contribution in [-0.2, 0) is 0 Å². The maximum atomic E-state index is 10.7. The van der Waals surface area contributed by atoms with Crippen LogP contribution in [0.2, 0.25) is 0 Å². The average molecular weight is 251 g/mol. The monoisotopic (exact) mass is 251 g/mol. The van der Waals surface area contributed by atoms with Crippen molar-refractivity contribution in [1.29, 1.82) is 0 Å². The molecular weight excluding hydrogens is 234 g/mol. The maximum absolute atomic E-state index is 10.7. The van der Waals surface area contributed by atoms with Crippen LogP contribution < -0.4 is 4.90 Å². The van der Waals surface area contributed by atoms with Gasteiger partial charge in [-0.05, 0) is 31.2 Å². The van der Waals surface area contributed by atoms with E-state index in [1.54, 1.807) is 6.07 Å².